The molecule has 3 heteroatoms. The fourth-order valence-electron chi connectivity index (χ4n) is 2.39. The normalized spacial score (nSPS) is 16.8. The zero-order chi connectivity index (χ0) is 13.1. The van der Waals surface area contributed by atoms with E-state index in [9.17, 15) is 9.90 Å². The molecule has 1 aromatic carbocycles. The van der Waals surface area contributed by atoms with Crippen molar-refractivity contribution >= 4 is 11.5 Å². The van der Waals surface area contributed by atoms with Gasteiger partial charge in [0.1, 0.15) is 5.75 Å². The largest absolute Gasteiger partial charge is 0.508 e. The van der Waals surface area contributed by atoms with Crippen molar-refractivity contribution in [2.45, 2.75) is 26.2 Å². The van der Waals surface area contributed by atoms with E-state index < -0.39 is 0 Å². The number of benzene rings is 1. The third kappa shape index (κ3) is 2.40. The number of allylic oxidation sites excluding steroid dienone is 1. The molecule has 0 spiro atoms. The summed E-state index contributed by atoms with van der Waals surface area (Å²) in [4.78, 5) is 11.7. The van der Waals surface area contributed by atoms with Crippen LogP contribution in [0.5, 0.6) is 5.75 Å². The SMILES string of the molecule is COC(=O)/C(C)=C(\c1cccc(O)c1)C1CCC1. The summed E-state index contributed by atoms with van der Waals surface area (Å²) in [5.41, 5.74) is 2.58. The fraction of sp³-hybridized carbons (Fsp3) is 0.400. The van der Waals surface area contributed by atoms with Crippen LogP contribution in [0.15, 0.2) is 29.8 Å². The molecule has 0 radical (unpaired) electrons. The first-order chi connectivity index (χ1) is 8.63. The molecule has 0 aromatic heterocycles. The van der Waals surface area contributed by atoms with Crippen LogP contribution in [0.3, 0.4) is 0 Å². The zero-order valence-electron chi connectivity index (χ0n) is 10.8. The van der Waals surface area contributed by atoms with Crippen molar-refractivity contribution in [2.75, 3.05) is 7.11 Å². The number of carbonyl (C=O) groups is 1. The number of phenols is 1. The fourth-order valence-corrected chi connectivity index (χ4v) is 2.39. The van der Waals surface area contributed by atoms with Gasteiger partial charge in [-0.2, -0.15) is 0 Å². The van der Waals surface area contributed by atoms with E-state index in [-0.39, 0.29) is 11.7 Å². The van der Waals surface area contributed by atoms with Gasteiger partial charge in [-0.3, -0.25) is 0 Å². The average Bonchev–Trinajstić information content (AvgIpc) is 2.31. The van der Waals surface area contributed by atoms with E-state index in [1.807, 2.05) is 6.07 Å². The number of hydrogen-bond donors (Lipinski definition) is 1. The van der Waals surface area contributed by atoms with Crippen LogP contribution < -0.4 is 0 Å². The van der Waals surface area contributed by atoms with E-state index in [0.29, 0.717) is 11.5 Å². The van der Waals surface area contributed by atoms with Gasteiger partial charge < -0.3 is 9.84 Å². The maximum atomic E-state index is 11.7. The highest BCUT2D eigenvalue weighted by Crippen LogP contribution is 2.41. The Morgan fingerprint density at radius 3 is 2.61 bits per heavy atom. The summed E-state index contributed by atoms with van der Waals surface area (Å²) in [5, 5.41) is 9.57. The molecule has 0 saturated heterocycles. The van der Waals surface area contributed by atoms with Crippen LogP contribution in [0.25, 0.3) is 5.57 Å². The lowest BCUT2D eigenvalue weighted by atomic mass is 9.75. The lowest BCUT2D eigenvalue weighted by Gasteiger charge is -2.30. The summed E-state index contributed by atoms with van der Waals surface area (Å²) in [7, 11) is 1.40. The number of ether oxygens (including phenoxy) is 1. The Morgan fingerprint density at radius 1 is 1.39 bits per heavy atom. The highest BCUT2D eigenvalue weighted by atomic mass is 16.5. The predicted octanol–water partition coefficient (Wildman–Crippen LogP) is 3.14. The monoisotopic (exact) mass is 246 g/mol. The lowest BCUT2D eigenvalue weighted by Crippen LogP contribution is -2.17. The summed E-state index contributed by atoms with van der Waals surface area (Å²) in [6.45, 7) is 1.80. The van der Waals surface area contributed by atoms with Crippen molar-refractivity contribution in [3.8, 4) is 5.75 Å². The minimum atomic E-state index is -0.291. The van der Waals surface area contributed by atoms with Crippen LogP contribution in [0.2, 0.25) is 0 Å². The van der Waals surface area contributed by atoms with Gasteiger partial charge in [-0.25, -0.2) is 4.79 Å². The molecule has 0 amide bonds. The molecule has 1 saturated carbocycles. The third-order valence-corrected chi connectivity index (χ3v) is 3.57. The Bertz CT molecular complexity index is 484. The van der Waals surface area contributed by atoms with Crippen molar-refractivity contribution < 1.29 is 14.6 Å². The van der Waals surface area contributed by atoms with E-state index in [1.165, 1.54) is 13.5 Å². The van der Waals surface area contributed by atoms with Crippen molar-refractivity contribution in [1.82, 2.24) is 0 Å². The standard InChI is InChI=1S/C15H18O3/c1-10(15(17)18-2)14(11-5-3-6-11)12-7-4-8-13(16)9-12/h4,7-9,11,16H,3,5-6H2,1-2H3/b14-10-. The van der Waals surface area contributed by atoms with Gasteiger partial charge in [-0.15, -0.1) is 0 Å². The van der Waals surface area contributed by atoms with E-state index in [1.54, 1.807) is 25.1 Å². The average molecular weight is 246 g/mol. The summed E-state index contributed by atoms with van der Waals surface area (Å²) < 4.78 is 4.80. The Kier molecular flexibility index (Phi) is 3.70. The van der Waals surface area contributed by atoms with E-state index >= 15 is 0 Å². The van der Waals surface area contributed by atoms with E-state index in [0.717, 1.165) is 24.0 Å². The first kappa shape index (κ1) is 12.7. The molecular weight excluding hydrogens is 228 g/mol. The Morgan fingerprint density at radius 2 is 2.11 bits per heavy atom. The molecule has 0 unspecified atom stereocenters. The number of hydrogen-bond acceptors (Lipinski definition) is 3. The molecule has 96 valence electrons. The minimum Gasteiger partial charge on any atom is -0.508 e. The molecule has 0 bridgehead atoms. The number of rotatable bonds is 3. The van der Waals surface area contributed by atoms with Gasteiger partial charge in [0.05, 0.1) is 7.11 Å². The molecule has 1 fully saturated rings. The minimum absolute atomic E-state index is 0.224. The van der Waals surface area contributed by atoms with Gasteiger partial charge >= 0.3 is 5.97 Å². The van der Waals surface area contributed by atoms with Gasteiger partial charge in [0.25, 0.3) is 0 Å². The molecule has 1 aliphatic carbocycles. The van der Waals surface area contributed by atoms with Gasteiger partial charge in [-0.1, -0.05) is 18.6 Å². The molecule has 1 aliphatic rings. The quantitative estimate of drug-likeness (QED) is 0.658. The van der Waals surface area contributed by atoms with Crippen molar-refractivity contribution in [2.24, 2.45) is 5.92 Å². The summed E-state index contributed by atoms with van der Waals surface area (Å²) >= 11 is 0. The molecular formula is C15H18O3. The van der Waals surface area contributed by atoms with Crippen molar-refractivity contribution in [3.63, 3.8) is 0 Å². The Balaban J connectivity index is 2.45. The van der Waals surface area contributed by atoms with Crippen LogP contribution in [0.1, 0.15) is 31.7 Å². The summed E-state index contributed by atoms with van der Waals surface area (Å²) in [6, 6.07) is 7.07. The van der Waals surface area contributed by atoms with Crippen molar-refractivity contribution in [3.05, 3.63) is 35.4 Å². The number of esters is 1. The van der Waals surface area contributed by atoms with Crippen LogP contribution >= 0.6 is 0 Å². The molecule has 0 aliphatic heterocycles. The zero-order valence-corrected chi connectivity index (χ0v) is 10.8. The first-order valence-electron chi connectivity index (χ1n) is 6.22. The van der Waals surface area contributed by atoms with E-state index in [4.69, 9.17) is 4.74 Å². The van der Waals surface area contributed by atoms with E-state index in [2.05, 4.69) is 0 Å². The smallest absolute Gasteiger partial charge is 0.333 e. The second-order valence-corrected chi connectivity index (χ2v) is 4.71. The van der Waals surface area contributed by atoms with Gasteiger partial charge in [-0.05, 0) is 49.0 Å². The molecule has 2 rings (SSSR count). The predicted molar refractivity (Wildman–Crippen MR) is 70.1 cm³/mol. The number of aromatic hydroxyl groups is 1. The van der Waals surface area contributed by atoms with Crippen LogP contribution in [-0.2, 0) is 9.53 Å². The van der Waals surface area contributed by atoms with Crippen LogP contribution in [0, 0.1) is 5.92 Å². The number of carbonyl (C=O) groups excluding carboxylic acids is 1. The molecule has 18 heavy (non-hydrogen) atoms. The Labute approximate surface area is 107 Å². The topological polar surface area (TPSA) is 46.5 Å². The molecule has 0 heterocycles. The molecule has 0 atom stereocenters. The highest BCUT2D eigenvalue weighted by Gasteiger charge is 2.27. The third-order valence-electron chi connectivity index (χ3n) is 3.57. The van der Waals surface area contributed by atoms with Crippen LogP contribution in [0.4, 0.5) is 0 Å². The first-order valence-corrected chi connectivity index (χ1v) is 6.22. The van der Waals surface area contributed by atoms with Gasteiger partial charge in [0.15, 0.2) is 0 Å². The molecule has 3 nitrogen and oxygen atoms in total. The summed E-state index contributed by atoms with van der Waals surface area (Å²) in [5.74, 6) is 0.341. The number of phenolic OH excluding ortho intramolecular Hbond substituents is 1. The van der Waals surface area contributed by atoms with Crippen LogP contribution in [-0.4, -0.2) is 18.2 Å². The molecule has 1 aromatic rings. The van der Waals surface area contributed by atoms with Gasteiger partial charge in [0.2, 0.25) is 0 Å². The summed E-state index contributed by atoms with van der Waals surface area (Å²) in [6.07, 6.45) is 3.39. The maximum Gasteiger partial charge on any atom is 0.333 e. The Hall–Kier alpha value is -1.77. The molecule has 1 N–H and O–H groups in total. The van der Waals surface area contributed by atoms with Gasteiger partial charge in [0, 0.05) is 5.57 Å². The highest BCUT2D eigenvalue weighted by molar-refractivity contribution is 5.97. The van der Waals surface area contributed by atoms with Crippen molar-refractivity contribution in [1.29, 1.82) is 0 Å². The second kappa shape index (κ2) is 5.25. The lowest BCUT2D eigenvalue weighted by molar-refractivity contribution is -0.136. The maximum absolute atomic E-state index is 11.7. The number of methoxy groups -OCH3 is 1. The second-order valence-electron chi connectivity index (χ2n) is 4.71.